The van der Waals surface area contributed by atoms with Crippen LogP contribution in [0.3, 0.4) is 0 Å². The van der Waals surface area contributed by atoms with Crippen molar-refractivity contribution in [1.29, 1.82) is 0 Å². The highest BCUT2D eigenvalue weighted by atomic mass is 35.5. The average molecular weight is 248 g/mol. The minimum atomic E-state index is -1.41. The van der Waals surface area contributed by atoms with Gasteiger partial charge in [0.25, 0.3) is 0 Å². The van der Waals surface area contributed by atoms with Gasteiger partial charge in [0.05, 0.1) is 6.04 Å². The second-order valence-electron chi connectivity index (χ2n) is 2.96. The van der Waals surface area contributed by atoms with Crippen molar-refractivity contribution in [3.8, 4) is 5.75 Å². The predicted molar refractivity (Wildman–Crippen MR) is 59.4 cm³/mol. The van der Waals surface area contributed by atoms with Crippen LogP contribution in [0.5, 0.6) is 5.75 Å². The zero-order valence-electron chi connectivity index (χ0n) is 8.18. The number of benzene rings is 1. The Balaban J connectivity index is 0.00000225. The Morgan fingerprint density at radius 3 is 2.56 bits per heavy atom. The molecule has 0 fully saturated rings. The molecule has 0 aliphatic carbocycles. The third-order valence-electron chi connectivity index (χ3n) is 1.95. The van der Waals surface area contributed by atoms with Gasteiger partial charge < -0.3 is 15.9 Å². The molecule has 6 heteroatoms. The number of phenols is 1. The summed E-state index contributed by atoms with van der Waals surface area (Å²) in [5, 5.41) is 18.2. The number of rotatable bonds is 3. The highest BCUT2D eigenvalue weighted by molar-refractivity contribution is 5.91. The van der Waals surface area contributed by atoms with E-state index in [0.29, 0.717) is 0 Å². The Kier molecular flexibility index (Phi) is 4.94. The van der Waals surface area contributed by atoms with Gasteiger partial charge in [-0.25, -0.2) is 9.18 Å². The van der Waals surface area contributed by atoms with Gasteiger partial charge >= 0.3 is 5.97 Å². The number of aromatic carboxylic acids is 1. The van der Waals surface area contributed by atoms with Gasteiger partial charge in [-0.1, -0.05) is 6.08 Å². The molecule has 4 nitrogen and oxygen atoms in total. The van der Waals surface area contributed by atoms with Gasteiger partial charge in [0.1, 0.15) is 17.1 Å². The number of nitrogens with two attached hydrogens (primary N) is 1. The van der Waals surface area contributed by atoms with Crippen LogP contribution in [0.25, 0.3) is 0 Å². The summed E-state index contributed by atoms with van der Waals surface area (Å²) < 4.78 is 13.0. The molecule has 0 aromatic heterocycles. The van der Waals surface area contributed by atoms with Crippen molar-refractivity contribution in [1.82, 2.24) is 0 Å². The van der Waals surface area contributed by atoms with Crippen LogP contribution >= 0.6 is 12.4 Å². The maximum Gasteiger partial charge on any atom is 0.339 e. The van der Waals surface area contributed by atoms with Crippen LogP contribution in [0.4, 0.5) is 4.39 Å². The molecule has 1 aromatic carbocycles. The standard InChI is InChI=1S/C10H10FNO3.ClH/c1-2-8(12)6-3-5(11)4-7(9(6)13)10(14)15;/h2-4,8,13H,1,12H2,(H,14,15);1H/t8-;/m1./s1. The summed E-state index contributed by atoms with van der Waals surface area (Å²) in [5.41, 5.74) is 4.99. The minimum absolute atomic E-state index is 0. The van der Waals surface area contributed by atoms with E-state index in [4.69, 9.17) is 10.8 Å². The van der Waals surface area contributed by atoms with E-state index in [0.717, 1.165) is 12.1 Å². The minimum Gasteiger partial charge on any atom is -0.507 e. The number of aromatic hydroxyl groups is 1. The summed E-state index contributed by atoms with van der Waals surface area (Å²) in [6.07, 6.45) is 1.28. The fourth-order valence-electron chi connectivity index (χ4n) is 1.16. The SMILES string of the molecule is C=C[C@@H](N)c1cc(F)cc(C(=O)O)c1O.Cl. The highest BCUT2D eigenvalue weighted by Crippen LogP contribution is 2.28. The number of carboxylic acid groups (broad SMARTS) is 1. The fourth-order valence-corrected chi connectivity index (χ4v) is 1.16. The number of hydrogen-bond acceptors (Lipinski definition) is 3. The summed E-state index contributed by atoms with van der Waals surface area (Å²) in [4.78, 5) is 10.6. The zero-order chi connectivity index (χ0) is 11.6. The van der Waals surface area contributed by atoms with E-state index in [1.54, 1.807) is 0 Å². The van der Waals surface area contributed by atoms with Crippen molar-refractivity contribution >= 4 is 18.4 Å². The largest absolute Gasteiger partial charge is 0.507 e. The van der Waals surface area contributed by atoms with Crippen LogP contribution in [-0.2, 0) is 0 Å². The molecule has 0 aliphatic rings. The van der Waals surface area contributed by atoms with E-state index in [9.17, 15) is 14.3 Å². The molecule has 0 saturated heterocycles. The maximum atomic E-state index is 13.0. The third-order valence-corrected chi connectivity index (χ3v) is 1.95. The maximum absolute atomic E-state index is 13.0. The Labute approximate surface area is 97.6 Å². The lowest BCUT2D eigenvalue weighted by atomic mass is 10.0. The summed E-state index contributed by atoms with van der Waals surface area (Å²) in [6, 6.07) is 0.907. The molecular weight excluding hydrogens is 237 g/mol. The molecule has 4 N–H and O–H groups in total. The van der Waals surface area contributed by atoms with Gasteiger partial charge in [0.15, 0.2) is 0 Å². The van der Waals surface area contributed by atoms with Crippen molar-refractivity contribution < 1.29 is 19.4 Å². The van der Waals surface area contributed by atoms with Crippen LogP contribution in [0.15, 0.2) is 24.8 Å². The topological polar surface area (TPSA) is 83.6 Å². The molecule has 0 unspecified atom stereocenters. The van der Waals surface area contributed by atoms with E-state index in [1.807, 2.05) is 0 Å². The van der Waals surface area contributed by atoms with Gasteiger partial charge in [0, 0.05) is 5.56 Å². The van der Waals surface area contributed by atoms with Crippen LogP contribution < -0.4 is 5.73 Å². The van der Waals surface area contributed by atoms with Gasteiger partial charge in [-0.05, 0) is 12.1 Å². The van der Waals surface area contributed by atoms with Crippen molar-refractivity contribution in [3.05, 3.63) is 41.7 Å². The number of carboxylic acids is 1. The van der Waals surface area contributed by atoms with Gasteiger partial charge in [-0.2, -0.15) is 0 Å². The second kappa shape index (κ2) is 5.48. The first kappa shape index (κ1) is 14.4. The number of halogens is 2. The monoisotopic (exact) mass is 247 g/mol. The van der Waals surface area contributed by atoms with E-state index in [2.05, 4.69) is 6.58 Å². The zero-order valence-corrected chi connectivity index (χ0v) is 9.00. The lowest BCUT2D eigenvalue weighted by Crippen LogP contribution is -2.09. The Morgan fingerprint density at radius 2 is 2.12 bits per heavy atom. The summed E-state index contributed by atoms with van der Waals surface area (Å²) in [5.74, 6) is -2.71. The van der Waals surface area contributed by atoms with Gasteiger partial charge in [-0.3, -0.25) is 0 Å². The van der Waals surface area contributed by atoms with E-state index < -0.39 is 29.1 Å². The van der Waals surface area contributed by atoms with Crippen molar-refractivity contribution in [2.75, 3.05) is 0 Å². The van der Waals surface area contributed by atoms with Gasteiger partial charge in [-0.15, -0.1) is 19.0 Å². The first-order valence-corrected chi connectivity index (χ1v) is 4.11. The molecule has 0 heterocycles. The van der Waals surface area contributed by atoms with E-state index in [-0.39, 0.29) is 18.0 Å². The Morgan fingerprint density at radius 1 is 1.56 bits per heavy atom. The lowest BCUT2D eigenvalue weighted by molar-refractivity contribution is 0.0693. The van der Waals surface area contributed by atoms with Gasteiger partial charge in [0.2, 0.25) is 0 Å². The van der Waals surface area contributed by atoms with Crippen molar-refractivity contribution in [2.45, 2.75) is 6.04 Å². The van der Waals surface area contributed by atoms with Crippen LogP contribution in [0, 0.1) is 5.82 Å². The second-order valence-corrected chi connectivity index (χ2v) is 2.96. The molecule has 0 radical (unpaired) electrons. The molecule has 0 saturated carbocycles. The third kappa shape index (κ3) is 2.71. The average Bonchev–Trinajstić information content (AvgIpc) is 2.19. The molecule has 0 bridgehead atoms. The van der Waals surface area contributed by atoms with Crippen molar-refractivity contribution in [2.24, 2.45) is 5.73 Å². The Bertz CT molecular complexity index is 423. The predicted octanol–water partition coefficient (Wildman–Crippen LogP) is 1.84. The van der Waals surface area contributed by atoms with Crippen LogP contribution in [0.2, 0.25) is 0 Å². The van der Waals surface area contributed by atoms with Crippen LogP contribution in [0.1, 0.15) is 22.0 Å². The summed E-state index contributed by atoms with van der Waals surface area (Å²) >= 11 is 0. The summed E-state index contributed by atoms with van der Waals surface area (Å²) in [6.45, 7) is 3.38. The summed E-state index contributed by atoms with van der Waals surface area (Å²) in [7, 11) is 0. The number of carbonyl (C=O) groups is 1. The molecule has 0 amide bonds. The smallest absolute Gasteiger partial charge is 0.339 e. The normalized spacial score (nSPS) is 11.4. The molecule has 88 valence electrons. The van der Waals surface area contributed by atoms with Crippen LogP contribution in [-0.4, -0.2) is 16.2 Å². The molecule has 1 rings (SSSR count). The number of hydrogen-bond donors (Lipinski definition) is 3. The molecule has 0 spiro atoms. The fraction of sp³-hybridized carbons (Fsp3) is 0.100. The lowest BCUT2D eigenvalue weighted by Gasteiger charge is -2.11. The molecule has 16 heavy (non-hydrogen) atoms. The van der Waals surface area contributed by atoms with E-state index >= 15 is 0 Å². The first-order chi connectivity index (χ1) is 6.97. The highest BCUT2D eigenvalue weighted by Gasteiger charge is 2.18. The molecular formula is C10H11ClFNO3. The molecule has 1 atom stereocenters. The quantitative estimate of drug-likeness (QED) is 0.712. The molecule has 0 aliphatic heterocycles. The van der Waals surface area contributed by atoms with E-state index in [1.165, 1.54) is 6.08 Å². The Hall–Kier alpha value is -1.59. The molecule has 1 aromatic rings. The first-order valence-electron chi connectivity index (χ1n) is 4.11. The van der Waals surface area contributed by atoms with Crippen molar-refractivity contribution in [3.63, 3.8) is 0 Å².